The molecule has 0 atom stereocenters. The molecule has 1 N–H and O–H groups in total. The number of hydroxylamine groups is 1. The van der Waals surface area contributed by atoms with Crippen molar-refractivity contribution in [2.45, 2.75) is 6.92 Å². The normalized spacial score (nSPS) is 14.8. The van der Waals surface area contributed by atoms with Crippen molar-refractivity contribution in [2.75, 3.05) is 44.7 Å². The van der Waals surface area contributed by atoms with Crippen LogP contribution in [0.5, 0.6) is 0 Å². The van der Waals surface area contributed by atoms with Gasteiger partial charge in [-0.15, -0.1) is 0 Å². The Morgan fingerprint density at radius 3 is 2.67 bits per heavy atom. The maximum absolute atomic E-state index is 13.2. The fraction of sp³-hybridized carbons (Fsp3) is 0.318. The van der Waals surface area contributed by atoms with Crippen LogP contribution in [0.2, 0.25) is 0 Å². The molecule has 0 radical (unpaired) electrons. The van der Waals surface area contributed by atoms with E-state index in [2.05, 4.69) is 27.3 Å². The van der Waals surface area contributed by atoms with Crippen molar-refractivity contribution in [3.8, 4) is 5.69 Å². The molecule has 0 bridgehead atoms. The summed E-state index contributed by atoms with van der Waals surface area (Å²) in [5.41, 5.74) is 4.85. The summed E-state index contributed by atoms with van der Waals surface area (Å²) in [6.07, 6.45) is 1.50. The maximum atomic E-state index is 13.2. The number of rotatable bonds is 5. The summed E-state index contributed by atoms with van der Waals surface area (Å²) in [5, 5.41) is 0.554. The smallest absolute Gasteiger partial charge is 0.274 e. The van der Waals surface area contributed by atoms with Gasteiger partial charge in [0.05, 0.1) is 23.2 Å². The third-order valence-electron chi connectivity index (χ3n) is 5.31. The minimum Gasteiger partial charge on any atom is -0.369 e. The minimum absolute atomic E-state index is 0.168. The number of hydrogen-bond acceptors (Lipinski definition) is 6. The van der Waals surface area contributed by atoms with Crippen LogP contribution in [-0.2, 0) is 4.84 Å². The zero-order valence-electron chi connectivity index (χ0n) is 17.2. The Balaban J connectivity index is 1.69. The molecule has 2 heterocycles. The van der Waals surface area contributed by atoms with Gasteiger partial charge in [-0.05, 0) is 50.4 Å². The quantitative estimate of drug-likeness (QED) is 0.650. The molecule has 1 fully saturated rings. The SMILES string of the molecule is CCONC(=O)c1cccc(-n2cnc3ccc(N4CCN(C)CC4)cc3c2=O)c1. The lowest BCUT2D eigenvalue weighted by molar-refractivity contribution is 0.0364. The van der Waals surface area contributed by atoms with Crippen molar-refractivity contribution in [3.63, 3.8) is 0 Å². The number of benzene rings is 2. The number of nitrogens with zero attached hydrogens (tertiary/aromatic N) is 4. The van der Waals surface area contributed by atoms with Crippen LogP contribution in [0.15, 0.2) is 53.6 Å². The first-order valence-electron chi connectivity index (χ1n) is 10.0. The van der Waals surface area contributed by atoms with Gasteiger partial charge in [0.25, 0.3) is 11.5 Å². The van der Waals surface area contributed by atoms with E-state index < -0.39 is 0 Å². The Morgan fingerprint density at radius 1 is 1.10 bits per heavy atom. The zero-order valence-corrected chi connectivity index (χ0v) is 17.2. The van der Waals surface area contributed by atoms with Gasteiger partial charge in [0.1, 0.15) is 6.33 Å². The molecule has 0 spiro atoms. The van der Waals surface area contributed by atoms with Crippen LogP contribution in [0.4, 0.5) is 5.69 Å². The van der Waals surface area contributed by atoms with Crippen LogP contribution in [-0.4, -0.2) is 60.2 Å². The summed E-state index contributed by atoms with van der Waals surface area (Å²) in [6.45, 7) is 5.99. The highest BCUT2D eigenvalue weighted by molar-refractivity contribution is 5.94. The van der Waals surface area contributed by atoms with Crippen LogP contribution < -0.4 is 15.9 Å². The number of fused-ring (bicyclic) bond motifs is 1. The molecule has 4 rings (SSSR count). The van der Waals surface area contributed by atoms with E-state index in [1.54, 1.807) is 31.2 Å². The molecule has 0 unspecified atom stereocenters. The predicted molar refractivity (Wildman–Crippen MR) is 116 cm³/mol. The van der Waals surface area contributed by atoms with E-state index in [1.807, 2.05) is 18.2 Å². The Bertz CT molecular complexity index is 1120. The molecule has 1 aromatic heterocycles. The molecular formula is C22H25N5O3. The monoisotopic (exact) mass is 407 g/mol. The number of carbonyl (C=O) groups excluding carboxylic acids is 1. The molecule has 30 heavy (non-hydrogen) atoms. The van der Waals surface area contributed by atoms with Gasteiger partial charge in [0.15, 0.2) is 0 Å². The van der Waals surface area contributed by atoms with Crippen molar-refractivity contribution >= 4 is 22.5 Å². The Morgan fingerprint density at radius 2 is 1.90 bits per heavy atom. The number of amides is 1. The molecule has 1 amide bonds. The molecule has 8 nitrogen and oxygen atoms in total. The Kier molecular flexibility index (Phi) is 5.78. The largest absolute Gasteiger partial charge is 0.369 e. The molecule has 1 saturated heterocycles. The van der Waals surface area contributed by atoms with Gasteiger partial charge < -0.3 is 9.80 Å². The van der Waals surface area contributed by atoms with Crippen LogP contribution in [0.3, 0.4) is 0 Å². The number of nitrogens with one attached hydrogen (secondary N) is 1. The predicted octanol–water partition coefficient (Wildman–Crippen LogP) is 1.82. The van der Waals surface area contributed by atoms with E-state index in [1.165, 1.54) is 10.9 Å². The summed E-state index contributed by atoms with van der Waals surface area (Å²) >= 11 is 0. The Labute approximate surface area is 174 Å². The molecule has 0 saturated carbocycles. The highest BCUT2D eigenvalue weighted by Gasteiger charge is 2.16. The first-order chi connectivity index (χ1) is 14.6. The second kappa shape index (κ2) is 8.64. The van der Waals surface area contributed by atoms with Crippen LogP contribution in [0, 0.1) is 0 Å². The topological polar surface area (TPSA) is 79.7 Å². The summed E-state index contributed by atoms with van der Waals surface area (Å²) < 4.78 is 1.47. The van der Waals surface area contributed by atoms with Gasteiger partial charge in [0.2, 0.25) is 0 Å². The molecule has 156 valence electrons. The average Bonchev–Trinajstić information content (AvgIpc) is 2.78. The standard InChI is InChI=1S/C22H25N5O3/c1-3-30-24-21(28)16-5-4-6-18(13-16)27-15-23-20-8-7-17(14-19(20)22(27)29)26-11-9-25(2)10-12-26/h4-8,13-15H,3,9-12H2,1-2H3,(H,24,28). The van der Waals surface area contributed by atoms with Gasteiger partial charge in [-0.3, -0.25) is 19.0 Å². The van der Waals surface area contributed by atoms with Gasteiger partial charge in [-0.1, -0.05) is 6.07 Å². The van der Waals surface area contributed by atoms with E-state index in [-0.39, 0.29) is 11.5 Å². The van der Waals surface area contributed by atoms with E-state index in [4.69, 9.17) is 4.84 Å². The lowest BCUT2D eigenvalue weighted by Crippen LogP contribution is -2.44. The van der Waals surface area contributed by atoms with Gasteiger partial charge in [-0.2, -0.15) is 0 Å². The first-order valence-corrected chi connectivity index (χ1v) is 10.0. The van der Waals surface area contributed by atoms with E-state index in [9.17, 15) is 9.59 Å². The van der Waals surface area contributed by atoms with E-state index in [0.717, 1.165) is 31.9 Å². The highest BCUT2D eigenvalue weighted by Crippen LogP contribution is 2.21. The van der Waals surface area contributed by atoms with Crippen molar-refractivity contribution < 1.29 is 9.63 Å². The number of anilines is 1. The molecule has 1 aliphatic heterocycles. The Hall–Kier alpha value is -3.23. The van der Waals surface area contributed by atoms with Crippen molar-refractivity contribution in [1.29, 1.82) is 0 Å². The number of hydrogen-bond donors (Lipinski definition) is 1. The zero-order chi connectivity index (χ0) is 21.1. The fourth-order valence-corrected chi connectivity index (χ4v) is 3.55. The number of aromatic nitrogens is 2. The first kappa shape index (κ1) is 20.1. The molecule has 2 aromatic carbocycles. The van der Waals surface area contributed by atoms with E-state index >= 15 is 0 Å². The summed E-state index contributed by atoms with van der Waals surface area (Å²) in [4.78, 5) is 39.4. The third-order valence-corrected chi connectivity index (χ3v) is 5.31. The van der Waals surface area contributed by atoms with Crippen molar-refractivity contribution in [3.05, 3.63) is 64.7 Å². The van der Waals surface area contributed by atoms with Gasteiger partial charge in [-0.25, -0.2) is 10.5 Å². The second-order valence-corrected chi connectivity index (χ2v) is 7.33. The highest BCUT2D eigenvalue weighted by atomic mass is 16.6. The molecule has 0 aliphatic carbocycles. The van der Waals surface area contributed by atoms with Gasteiger partial charge in [0, 0.05) is 37.4 Å². The minimum atomic E-state index is -0.363. The van der Waals surface area contributed by atoms with Crippen molar-refractivity contribution in [1.82, 2.24) is 19.9 Å². The van der Waals surface area contributed by atoms with Crippen LogP contribution in [0.25, 0.3) is 16.6 Å². The summed E-state index contributed by atoms with van der Waals surface area (Å²) in [6, 6.07) is 12.6. The molecule has 3 aromatic rings. The lowest BCUT2D eigenvalue weighted by atomic mass is 10.1. The second-order valence-electron chi connectivity index (χ2n) is 7.33. The number of piperazine rings is 1. The maximum Gasteiger partial charge on any atom is 0.274 e. The lowest BCUT2D eigenvalue weighted by Gasteiger charge is -2.34. The van der Waals surface area contributed by atoms with Crippen molar-refractivity contribution in [2.24, 2.45) is 0 Å². The van der Waals surface area contributed by atoms with E-state index in [0.29, 0.717) is 28.8 Å². The summed E-state index contributed by atoms with van der Waals surface area (Å²) in [5.74, 6) is -0.363. The fourth-order valence-electron chi connectivity index (χ4n) is 3.55. The summed E-state index contributed by atoms with van der Waals surface area (Å²) in [7, 11) is 2.11. The number of likely N-dealkylation sites (N-methyl/N-ethyl adjacent to an activating group) is 1. The van der Waals surface area contributed by atoms with Crippen LogP contribution in [0.1, 0.15) is 17.3 Å². The molecular weight excluding hydrogens is 382 g/mol. The van der Waals surface area contributed by atoms with Gasteiger partial charge >= 0.3 is 0 Å². The molecule has 1 aliphatic rings. The average molecular weight is 407 g/mol. The third kappa shape index (κ3) is 4.05. The molecule has 8 heteroatoms. The number of carbonyl (C=O) groups is 1. The van der Waals surface area contributed by atoms with Crippen LogP contribution >= 0.6 is 0 Å².